The van der Waals surface area contributed by atoms with Crippen LogP contribution in [0.15, 0.2) is 46.5 Å². The number of halogens is 3. The number of rotatable bonds is 4. The summed E-state index contributed by atoms with van der Waals surface area (Å²) in [5.74, 6) is 0.0124. The van der Waals surface area contributed by atoms with Crippen LogP contribution >= 0.6 is 0 Å². The second kappa shape index (κ2) is 6.70. The molecule has 136 valence electrons. The Labute approximate surface area is 147 Å². The van der Waals surface area contributed by atoms with E-state index in [0.29, 0.717) is 13.0 Å². The summed E-state index contributed by atoms with van der Waals surface area (Å²) in [5, 5.41) is 2.45. The Hall–Kier alpha value is -3.03. The fourth-order valence-corrected chi connectivity index (χ4v) is 2.57. The molecule has 3 rings (SSSR count). The summed E-state index contributed by atoms with van der Waals surface area (Å²) in [6.45, 7) is 2.14. The Morgan fingerprint density at radius 1 is 1.19 bits per heavy atom. The second-order valence-corrected chi connectivity index (χ2v) is 5.73. The molecule has 1 aliphatic heterocycles. The van der Waals surface area contributed by atoms with Crippen LogP contribution in [0.25, 0.3) is 17.4 Å². The van der Waals surface area contributed by atoms with Gasteiger partial charge in [-0.05, 0) is 30.7 Å². The molecule has 1 aliphatic rings. The van der Waals surface area contributed by atoms with Gasteiger partial charge in [-0.25, -0.2) is 4.79 Å². The standard InChI is InChI=1S/C18H15F3N2O3/c1-2-8-23-16(24)14(22-17(23)25)10-13-6-7-15(26-13)11-4-3-5-12(9-11)18(19,20)21/h3-7,9-10H,2,8H2,1H3,(H,22,25)/b14-10+. The molecule has 1 fully saturated rings. The molecule has 2 aromatic rings. The molecule has 0 bridgehead atoms. The van der Waals surface area contributed by atoms with Crippen LogP contribution < -0.4 is 5.32 Å². The number of nitrogens with zero attached hydrogens (tertiary/aromatic N) is 1. The third-order valence-corrected chi connectivity index (χ3v) is 3.80. The van der Waals surface area contributed by atoms with Crippen molar-refractivity contribution < 1.29 is 27.2 Å². The van der Waals surface area contributed by atoms with Gasteiger partial charge in [0.25, 0.3) is 5.91 Å². The summed E-state index contributed by atoms with van der Waals surface area (Å²) in [7, 11) is 0. The minimum atomic E-state index is -4.45. The van der Waals surface area contributed by atoms with Crippen molar-refractivity contribution in [2.75, 3.05) is 6.54 Å². The fraction of sp³-hybridized carbons (Fsp3) is 0.222. The van der Waals surface area contributed by atoms with Crippen LogP contribution in [0, 0.1) is 0 Å². The number of carbonyl (C=O) groups excluding carboxylic acids is 2. The predicted octanol–water partition coefficient (Wildman–Crippen LogP) is 4.27. The number of furan rings is 1. The van der Waals surface area contributed by atoms with E-state index in [0.717, 1.165) is 17.0 Å². The van der Waals surface area contributed by atoms with Gasteiger partial charge in [-0.15, -0.1) is 0 Å². The van der Waals surface area contributed by atoms with Gasteiger partial charge in [-0.3, -0.25) is 9.69 Å². The molecule has 0 saturated carbocycles. The summed E-state index contributed by atoms with van der Waals surface area (Å²) < 4.78 is 44.0. The van der Waals surface area contributed by atoms with Gasteiger partial charge in [-0.1, -0.05) is 19.1 Å². The van der Waals surface area contributed by atoms with E-state index in [1.807, 2.05) is 6.92 Å². The first-order chi connectivity index (χ1) is 12.3. The first kappa shape index (κ1) is 17.8. The lowest BCUT2D eigenvalue weighted by Crippen LogP contribution is -2.31. The van der Waals surface area contributed by atoms with Crippen LogP contribution in [-0.4, -0.2) is 23.4 Å². The molecule has 0 spiro atoms. The number of nitrogens with one attached hydrogen (secondary N) is 1. The zero-order chi connectivity index (χ0) is 18.9. The molecule has 3 amide bonds. The third-order valence-electron chi connectivity index (χ3n) is 3.80. The Morgan fingerprint density at radius 2 is 1.96 bits per heavy atom. The Kier molecular flexibility index (Phi) is 4.58. The molecule has 5 nitrogen and oxygen atoms in total. The largest absolute Gasteiger partial charge is 0.457 e. The van der Waals surface area contributed by atoms with Crippen molar-refractivity contribution >= 4 is 18.0 Å². The molecular formula is C18H15F3N2O3. The van der Waals surface area contributed by atoms with E-state index in [4.69, 9.17) is 4.42 Å². The lowest BCUT2D eigenvalue weighted by atomic mass is 10.1. The topological polar surface area (TPSA) is 62.6 Å². The number of hydrogen-bond acceptors (Lipinski definition) is 3. The lowest BCUT2D eigenvalue weighted by molar-refractivity contribution is -0.137. The zero-order valence-corrected chi connectivity index (χ0v) is 13.8. The predicted molar refractivity (Wildman–Crippen MR) is 87.7 cm³/mol. The molecule has 1 aromatic carbocycles. The number of amides is 3. The van der Waals surface area contributed by atoms with Crippen molar-refractivity contribution in [1.29, 1.82) is 0 Å². The van der Waals surface area contributed by atoms with Crippen LogP contribution in [0.1, 0.15) is 24.7 Å². The van der Waals surface area contributed by atoms with Gasteiger partial charge in [0.2, 0.25) is 0 Å². The van der Waals surface area contributed by atoms with Gasteiger partial charge in [0.1, 0.15) is 17.2 Å². The third kappa shape index (κ3) is 3.49. The van der Waals surface area contributed by atoms with Crippen LogP contribution in [0.2, 0.25) is 0 Å². The van der Waals surface area contributed by atoms with E-state index < -0.39 is 23.7 Å². The van der Waals surface area contributed by atoms with E-state index in [1.54, 1.807) is 0 Å². The van der Waals surface area contributed by atoms with Crippen LogP contribution in [-0.2, 0) is 11.0 Å². The average molecular weight is 364 g/mol. The average Bonchev–Trinajstić information content (AvgIpc) is 3.15. The van der Waals surface area contributed by atoms with Gasteiger partial charge in [0.05, 0.1) is 5.56 Å². The Balaban J connectivity index is 1.85. The summed E-state index contributed by atoms with van der Waals surface area (Å²) in [6, 6.07) is 7.27. The molecule has 26 heavy (non-hydrogen) atoms. The van der Waals surface area contributed by atoms with Gasteiger partial charge in [0, 0.05) is 18.2 Å². The Morgan fingerprint density at radius 3 is 2.65 bits per heavy atom. The molecule has 0 radical (unpaired) electrons. The van der Waals surface area contributed by atoms with E-state index >= 15 is 0 Å². The number of hydrogen-bond donors (Lipinski definition) is 1. The van der Waals surface area contributed by atoms with E-state index in [-0.39, 0.29) is 22.8 Å². The summed E-state index contributed by atoms with van der Waals surface area (Å²) in [6.07, 6.45) is -2.46. The molecule has 0 unspecified atom stereocenters. The SMILES string of the molecule is CCCN1C(=O)N/C(=C/c2ccc(-c3cccc(C(F)(F)F)c3)o2)C1=O. The lowest BCUT2D eigenvalue weighted by Gasteiger charge is -2.08. The van der Waals surface area contributed by atoms with Crippen molar-refractivity contribution in [3.05, 3.63) is 53.4 Å². The van der Waals surface area contributed by atoms with Gasteiger partial charge < -0.3 is 9.73 Å². The number of imide groups is 1. The van der Waals surface area contributed by atoms with Gasteiger partial charge >= 0.3 is 12.2 Å². The van der Waals surface area contributed by atoms with Crippen molar-refractivity contribution in [2.24, 2.45) is 0 Å². The van der Waals surface area contributed by atoms with Crippen LogP contribution in [0.4, 0.5) is 18.0 Å². The highest BCUT2D eigenvalue weighted by atomic mass is 19.4. The molecule has 0 atom stereocenters. The van der Waals surface area contributed by atoms with Crippen molar-refractivity contribution in [3.8, 4) is 11.3 Å². The molecule has 1 N–H and O–H groups in total. The van der Waals surface area contributed by atoms with Crippen molar-refractivity contribution in [2.45, 2.75) is 19.5 Å². The van der Waals surface area contributed by atoms with Crippen molar-refractivity contribution in [3.63, 3.8) is 0 Å². The number of urea groups is 1. The number of benzene rings is 1. The van der Waals surface area contributed by atoms with E-state index in [2.05, 4.69) is 5.32 Å². The smallest absolute Gasteiger partial charge is 0.416 e. The van der Waals surface area contributed by atoms with Gasteiger partial charge in [0.15, 0.2) is 0 Å². The summed E-state index contributed by atoms with van der Waals surface area (Å²) >= 11 is 0. The molecule has 1 aromatic heterocycles. The first-order valence-corrected chi connectivity index (χ1v) is 7.91. The second-order valence-electron chi connectivity index (χ2n) is 5.73. The highest BCUT2D eigenvalue weighted by Crippen LogP contribution is 2.33. The molecular weight excluding hydrogens is 349 g/mol. The maximum atomic E-state index is 12.8. The van der Waals surface area contributed by atoms with Crippen LogP contribution in [0.5, 0.6) is 0 Å². The maximum Gasteiger partial charge on any atom is 0.416 e. The first-order valence-electron chi connectivity index (χ1n) is 7.91. The van der Waals surface area contributed by atoms with Gasteiger partial charge in [-0.2, -0.15) is 13.2 Å². The molecule has 8 heteroatoms. The monoisotopic (exact) mass is 364 g/mol. The van der Waals surface area contributed by atoms with Crippen LogP contribution in [0.3, 0.4) is 0 Å². The maximum absolute atomic E-state index is 12.8. The molecule has 1 saturated heterocycles. The fourth-order valence-electron chi connectivity index (χ4n) is 2.57. The summed E-state index contributed by atoms with van der Waals surface area (Å²) in [4.78, 5) is 25.0. The summed E-state index contributed by atoms with van der Waals surface area (Å²) in [5.41, 5.74) is -0.452. The minimum absolute atomic E-state index is 0.0633. The van der Waals surface area contributed by atoms with E-state index in [9.17, 15) is 22.8 Å². The number of alkyl halides is 3. The quantitative estimate of drug-likeness (QED) is 0.651. The minimum Gasteiger partial charge on any atom is -0.457 e. The Bertz CT molecular complexity index is 884. The zero-order valence-electron chi connectivity index (χ0n) is 13.8. The molecule has 0 aliphatic carbocycles. The van der Waals surface area contributed by atoms with Crippen molar-refractivity contribution in [1.82, 2.24) is 10.2 Å². The highest BCUT2D eigenvalue weighted by Gasteiger charge is 2.33. The highest BCUT2D eigenvalue weighted by molar-refractivity contribution is 6.13. The van der Waals surface area contributed by atoms with E-state index in [1.165, 1.54) is 30.3 Å². The number of carbonyl (C=O) groups is 2. The molecule has 2 heterocycles. The normalized spacial score (nSPS) is 16.5.